The average Bonchev–Trinajstić information content (AvgIpc) is 3.38. The van der Waals surface area contributed by atoms with E-state index in [1.165, 1.54) is 6.07 Å². The summed E-state index contributed by atoms with van der Waals surface area (Å²) in [4.78, 5) is 32.6. The van der Waals surface area contributed by atoms with Crippen LogP contribution in [0.3, 0.4) is 0 Å². The van der Waals surface area contributed by atoms with Crippen LogP contribution in [0.25, 0.3) is 16.7 Å². The number of hydrogen-bond donors (Lipinski definition) is 2. The van der Waals surface area contributed by atoms with E-state index in [9.17, 15) is 18.4 Å². The van der Waals surface area contributed by atoms with Gasteiger partial charge in [0, 0.05) is 49.0 Å². The van der Waals surface area contributed by atoms with Crippen LogP contribution in [0.4, 0.5) is 24.5 Å². The predicted molar refractivity (Wildman–Crippen MR) is 137 cm³/mol. The van der Waals surface area contributed by atoms with Gasteiger partial charge in [0.1, 0.15) is 28.2 Å². The van der Waals surface area contributed by atoms with E-state index in [0.29, 0.717) is 45.6 Å². The number of anilines is 2. The van der Waals surface area contributed by atoms with E-state index in [1.807, 2.05) is 13.8 Å². The van der Waals surface area contributed by atoms with Gasteiger partial charge in [-0.3, -0.25) is 9.59 Å². The molecule has 2 aliphatic carbocycles. The molecule has 0 radical (unpaired) electrons. The molecule has 1 amide bonds. The van der Waals surface area contributed by atoms with E-state index >= 15 is 4.39 Å². The lowest BCUT2D eigenvalue weighted by atomic mass is 10.1. The molecule has 2 aromatic heterocycles. The van der Waals surface area contributed by atoms with Crippen molar-refractivity contribution in [3.63, 3.8) is 0 Å². The van der Waals surface area contributed by atoms with Gasteiger partial charge in [-0.2, -0.15) is 9.78 Å². The minimum absolute atomic E-state index is 0.0236. The summed E-state index contributed by atoms with van der Waals surface area (Å²) in [7, 11) is 1.75. The van der Waals surface area contributed by atoms with Crippen LogP contribution in [0, 0.1) is 29.3 Å². The molecule has 2 saturated heterocycles. The van der Waals surface area contributed by atoms with Gasteiger partial charge in [0.2, 0.25) is 0 Å². The van der Waals surface area contributed by atoms with Crippen molar-refractivity contribution in [2.45, 2.75) is 31.3 Å². The van der Waals surface area contributed by atoms with Gasteiger partial charge in [0.05, 0.1) is 17.4 Å². The number of para-hydroxylation sites is 1. The summed E-state index contributed by atoms with van der Waals surface area (Å²) < 4.78 is 46.5. The molecule has 9 nitrogen and oxygen atoms in total. The zero-order chi connectivity index (χ0) is 27.5. The summed E-state index contributed by atoms with van der Waals surface area (Å²) in [5, 5.41) is 6.62. The van der Waals surface area contributed by atoms with Crippen molar-refractivity contribution in [1.29, 1.82) is 0 Å². The number of imidazole rings is 1. The quantitative estimate of drug-likeness (QED) is 0.407. The van der Waals surface area contributed by atoms with Gasteiger partial charge in [0.15, 0.2) is 17.5 Å². The van der Waals surface area contributed by atoms with Crippen molar-refractivity contribution in [2.75, 3.05) is 16.8 Å². The number of rotatable bonds is 5. The van der Waals surface area contributed by atoms with Crippen LogP contribution < -0.4 is 21.5 Å². The topological polar surface area (TPSA) is 111 Å². The van der Waals surface area contributed by atoms with Crippen LogP contribution in [-0.4, -0.2) is 43.4 Å². The number of aryl methyl sites for hydroxylation is 1. The molecule has 2 bridgehead atoms. The Kier molecular flexibility index (Phi) is 4.71. The molecule has 8 rings (SSSR count). The van der Waals surface area contributed by atoms with Crippen LogP contribution in [0.1, 0.15) is 36.1 Å². The maximum absolute atomic E-state index is 15.5. The number of benzene rings is 2. The van der Waals surface area contributed by atoms with E-state index in [4.69, 9.17) is 10.7 Å². The van der Waals surface area contributed by atoms with Gasteiger partial charge >= 0.3 is 0 Å². The van der Waals surface area contributed by atoms with Crippen LogP contribution in [-0.2, 0) is 7.05 Å². The molecular weight excluding hydrogens is 511 g/mol. The first-order valence-electron chi connectivity index (χ1n) is 12.6. The minimum Gasteiger partial charge on any atom is -0.362 e. The van der Waals surface area contributed by atoms with Crippen LogP contribution >= 0.6 is 0 Å². The Bertz CT molecular complexity index is 1770. The van der Waals surface area contributed by atoms with Gasteiger partial charge in [-0.25, -0.2) is 18.2 Å². The van der Waals surface area contributed by atoms with E-state index in [2.05, 4.69) is 15.3 Å². The number of halogens is 3. The van der Waals surface area contributed by atoms with E-state index < -0.39 is 34.6 Å². The summed E-state index contributed by atoms with van der Waals surface area (Å²) in [6, 6.07) is 6.57. The molecule has 2 aliphatic heterocycles. The minimum atomic E-state index is -1.01. The molecule has 0 spiro atoms. The van der Waals surface area contributed by atoms with Crippen molar-refractivity contribution in [3.05, 3.63) is 75.7 Å². The second-order valence-electron chi connectivity index (χ2n) is 10.9. The number of piperidine rings is 1. The van der Waals surface area contributed by atoms with E-state index in [1.54, 1.807) is 11.6 Å². The molecule has 4 fully saturated rings. The number of fused-ring (bicyclic) bond motifs is 2. The first kappa shape index (κ1) is 23.9. The Balaban J connectivity index is 1.33. The second-order valence-corrected chi connectivity index (χ2v) is 10.9. The fourth-order valence-corrected chi connectivity index (χ4v) is 6.40. The van der Waals surface area contributed by atoms with Gasteiger partial charge in [-0.1, -0.05) is 19.9 Å². The fraction of sp³-hybridized carbons (Fsp3) is 0.333. The molecular formula is C27H24F3N7O2. The Morgan fingerprint density at radius 2 is 1.82 bits per heavy atom. The number of nitrogens with two attached hydrogens (primary N) is 1. The summed E-state index contributed by atoms with van der Waals surface area (Å²) in [5.41, 5.74) is 5.90. The standard InChI is InChI=1S/C27H24F3N7O2/c1-11(2)25-33-20-22(35(25)3)15(30)9-17(23(20)36-10-12-19-24(36)27(12,19)31)32-26(39)16-7-8-18(38)37(34-16)21-13(28)5-4-6-14(21)29/h4-9,11-12,19,24H,10,31H2,1-3H3,(H,32,39)/t12-,19-,24?,27+/m1/s1. The number of nitrogens with one attached hydrogen (secondary N) is 1. The highest BCUT2D eigenvalue weighted by molar-refractivity contribution is 6.08. The highest BCUT2D eigenvalue weighted by Gasteiger charge is 2.91. The summed E-state index contributed by atoms with van der Waals surface area (Å²) in [6.07, 6.45) is 0. The van der Waals surface area contributed by atoms with Gasteiger partial charge < -0.3 is 20.5 Å². The molecule has 4 aromatic rings. The van der Waals surface area contributed by atoms with Gasteiger partial charge in [0.25, 0.3) is 11.5 Å². The van der Waals surface area contributed by atoms with Gasteiger partial charge in [-0.05, 0) is 18.2 Å². The molecule has 2 saturated carbocycles. The zero-order valence-corrected chi connectivity index (χ0v) is 21.2. The number of carbonyl (C=O) groups excluding carboxylic acids is 1. The highest BCUT2D eigenvalue weighted by atomic mass is 19.1. The van der Waals surface area contributed by atoms with Crippen LogP contribution in [0.2, 0.25) is 0 Å². The van der Waals surface area contributed by atoms with Crippen molar-refractivity contribution in [3.8, 4) is 5.69 Å². The SMILES string of the molecule is CC(C)c1nc2c(N3C[C@@H]4[C@@H]5C3[C@]45N)c(NC(=O)c3ccc(=O)n(-c4c(F)cccc4F)n3)cc(F)c2n1C. The average molecular weight is 536 g/mol. The van der Waals surface area contributed by atoms with E-state index in [0.717, 1.165) is 30.3 Å². The van der Waals surface area contributed by atoms with Crippen molar-refractivity contribution in [2.24, 2.45) is 24.6 Å². The molecule has 4 atom stereocenters. The van der Waals surface area contributed by atoms with Crippen LogP contribution in [0.15, 0.2) is 41.2 Å². The van der Waals surface area contributed by atoms with Crippen LogP contribution in [0.5, 0.6) is 0 Å². The largest absolute Gasteiger partial charge is 0.362 e. The maximum Gasteiger partial charge on any atom is 0.276 e. The Morgan fingerprint density at radius 3 is 2.44 bits per heavy atom. The first-order valence-corrected chi connectivity index (χ1v) is 12.6. The monoisotopic (exact) mass is 535 g/mol. The summed E-state index contributed by atoms with van der Waals surface area (Å²) >= 11 is 0. The smallest absolute Gasteiger partial charge is 0.276 e. The van der Waals surface area contributed by atoms with Crippen molar-refractivity contribution >= 4 is 28.3 Å². The molecule has 1 unspecified atom stereocenters. The number of nitrogens with zero attached hydrogens (tertiary/aromatic N) is 5. The van der Waals surface area contributed by atoms with Crippen molar-refractivity contribution < 1.29 is 18.0 Å². The fourth-order valence-electron chi connectivity index (χ4n) is 6.40. The lowest BCUT2D eigenvalue weighted by Crippen LogP contribution is -2.29. The maximum atomic E-state index is 15.5. The van der Waals surface area contributed by atoms with Crippen molar-refractivity contribution in [1.82, 2.24) is 19.3 Å². The molecule has 12 heteroatoms. The van der Waals surface area contributed by atoms with E-state index in [-0.39, 0.29) is 28.9 Å². The first-order chi connectivity index (χ1) is 18.5. The molecule has 3 N–H and O–H groups in total. The normalized spacial score (nSPS) is 24.4. The molecule has 2 aromatic carbocycles. The summed E-state index contributed by atoms with van der Waals surface area (Å²) in [6.45, 7) is 4.59. The third-order valence-electron chi connectivity index (χ3n) is 8.36. The third kappa shape index (κ3) is 3.11. The lowest BCUT2D eigenvalue weighted by Gasteiger charge is -2.23. The predicted octanol–water partition coefficient (Wildman–Crippen LogP) is 3.06. The number of carbonyl (C=O) groups is 1. The summed E-state index contributed by atoms with van der Waals surface area (Å²) in [5.74, 6) is -1.96. The Hall–Kier alpha value is -4.19. The number of amides is 1. The number of hydrogen-bond acceptors (Lipinski definition) is 6. The zero-order valence-electron chi connectivity index (χ0n) is 21.2. The molecule has 4 aliphatic rings. The number of aromatic nitrogens is 4. The second kappa shape index (κ2) is 7.69. The molecule has 200 valence electrons. The highest BCUT2D eigenvalue weighted by Crippen LogP contribution is 2.77. The van der Waals surface area contributed by atoms with Gasteiger partial charge in [-0.15, -0.1) is 0 Å². The Labute approximate surface area is 220 Å². The molecule has 4 heterocycles. The Morgan fingerprint density at radius 1 is 1.13 bits per heavy atom. The molecule has 39 heavy (non-hydrogen) atoms. The third-order valence-corrected chi connectivity index (χ3v) is 8.36. The lowest BCUT2D eigenvalue weighted by molar-refractivity contribution is 0.102.